The van der Waals surface area contributed by atoms with Crippen LogP contribution in [0.4, 0.5) is 25.4 Å². The molecule has 4 N–H and O–H groups in total. The third kappa shape index (κ3) is 7.87. The number of carbonyl (C=O) groups is 3. The normalized spacial score (nSPS) is 20.1. The van der Waals surface area contributed by atoms with E-state index in [0.717, 1.165) is 25.7 Å². The summed E-state index contributed by atoms with van der Waals surface area (Å²) >= 11 is 0. The van der Waals surface area contributed by atoms with Crippen molar-refractivity contribution in [3.63, 3.8) is 0 Å². The van der Waals surface area contributed by atoms with Crippen LogP contribution >= 0.6 is 0 Å². The van der Waals surface area contributed by atoms with Crippen LogP contribution in [0.3, 0.4) is 0 Å². The van der Waals surface area contributed by atoms with Gasteiger partial charge >= 0.3 is 12.1 Å². The van der Waals surface area contributed by atoms with Gasteiger partial charge in [0.1, 0.15) is 17.7 Å². The van der Waals surface area contributed by atoms with Gasteiger partial charge in [-0.05, 0) is 62.2 Å². The van der Waals surface area contributed by atoms with Crippen LogP contribution in [0.15, 0.2) is 42.5 Å². The highest BCUT2D eigenvalue weighted by Crippen LogP contribution is 2.31. The third-order valence-electron chi connectivity index (χ3n) is 7.76. The highest BCUT2D eigenvalue weighted by atomic mass is 19.1. The molecule has 0 radical (unpaired) electrons. The van der Waals surface area contributed by atoms with E-state index >= 15 is 0 Å². The first kappa shape index (κ1) is 30.1. The lowest BCUT2D eigenvalue weighted by molar-refractivity contribution is 0.0371. The number of hydrogen-bond acceptors (Lipinski definition) is 5. The Morgan fingerprint density at radius 2 is 1.78 bits per heavy atom. The zero-order valence-electron chi connectivity index (χ0n) is 23.9. The van der Waals surface area contributed by atoms with E-state index in [9.17, 15) is 23.9 Å². The van der Waals surface area contributed by atoms with Crippen LogP contribution < -0.4 is 20.7 Å². The summed E-state index contributed by atoms with van der Waals surface area (Å²) < 4.78 is 19.6. The van der Waals surface area contributed by atoms with Crippen LogP contribution in [0.1, 0.15) is 56.3 Å². The molecule has 2 aromatic rings. The summed E-state index contributed by atoms with van der Waals surface area (Å²) in [7, 11) is 1.63. The number of nitrogens with zero attached hydrogens (tertiary/aromatic N) is 2. The van der Waals surface area contributed by atoms with Crippen molar-refractivity contribution < 1.29 is 28.6 Å². The Bertz CT molecular complexity index is 1220. The van der Waals surface area contributed by atoms with E-state index in [0.29, 0.717) is 17.1 Å². The van der Waals surface area contributed by atoms with E-state index in [4.69, 9.17) is 4.74 Å². The summed E-state index contributed by atoms with van der Waals surface area (Å²) in [5.41, 5.74) is 1.17. The van der Waals surface area contributed by atoms with Gasteiger partial charge in [-0.2, -0.15) is 0 Å². The van der Waals surface area contributed by atoms with Gasteiger partial charge in [0.05, 0.1) is 24.8 Å². The smallest absolute Gasteiger partial charge is 0.321 e. The summed E-state index contributed by atoms with van der Waals surface area (Å²) in [6.07, 6.45) is 4.78. The fourth-order valence-corrected chi connectivity index (χ4v) is 5.22. The number of halogens is 1. The summed E-state index contributed by atoms with van der Waals surface area (Å²) in [5, 5.41) is 18.5. The van der Waals surface area contributed by atoms with Crippen molar-refractivity contribution >= 4 is 29.3 Å². The quantitative estimate of drug-likeness (QED) is 0.386. The Morgan fingerprint density at radius 3 is 2.46 bits per heavy atom. The molecule has 10 nitrogen and oxygen atoms in total. The van der Waals surface area contributed by atoms with Crippen LogP contribution in [-0.4, -0.2) is 77.8 Å². The minimum atomic E-state index is -0.493. The van der Waals surface area contributed by atoms with Crippen molar-refractivity contribution in [1.29, 1.82) is 0 Å². The number of hydrogen-bond donors (Lipinski definition) is 4. The molecule has 0 spiro atoms. The molecule has 4 rings (SSSR count). The molecule has 0 unspecified atom stereocenters. The van der Waals surface area contributed by atoms with Crippen LogP contribution in [-0.2, 0) is 0 Å². The molecule has 0 saturated heterocycles. The Kier molecular flexibility index (Phi) is 10.0. The average Bonchev–Trinajstić information content (AvgIpc) is 2.96. The number of carbonyl (C=O) groups excluding carboxylic acids is 3. The molecular formula is C30H40FN5O5. The molecule has 0 aromatic heterocycles. The van der Waals surface area contributed by atoms with E-state index < -0.39 is 24.0 Å². The molecule has 0 bridgehead atoms. The maximum absolute atomic E-state index is 13.7. The fraction of sp³-hybridized carbons (Fsp3) is 0.500. The first-order valence-electron chi connectivity index (χ1n) is 14.2. The SMILES string of the molecule is C[C@@H]1CN([C@H](C)CO)C(=O)c2cc(NC(=O)NC3CCCCC3)ccc2O[C@H]1CN(C)C(=O)Nc1ccc(F)cc1. The number of urea groups is 2. The van der Waals surface area contributed by atoms with Gasteiger partial charge in [0.25, 0.3) is 5.91 Å². The molecule has 1 aliphatic carbocycles. The van der Waals surface area contributed by atoms with Gasteiger partial charge in [0, 0.05) is 36.9 Å². The molecule has 1 saturated carbocycles. The zero-order chi connectivity index (χ0) is 29.5. The number of rotatable bonds is 7. The van der Waals surface area contributed by atoms with Crippen LogP contribution in [0.25, 0.3) is 0 Å². The first-order chi connectivity index (χ1) is 19.6. The second-order valence-electron chi connectivity index (χ2n) is 11.1. The van der Waals surface area contributed by atoms with Crippen molar-refractivity contribution in [3.8, 4) is 5.75 Å². The maximum Gasteiger partial charge on any atom is 0.321 e. The number of aliphatic hydroxyl groups is 1. The van der Waals surface area contributed by atoms with E-state index in [1.165, 1.54) is 35.6 Å². The number of anilines is 2. The number of aliphatic hydroxyl groups excluding tert-OH is 1. The lowest BCUT2D eigenvalue weighted by Gasteiger charge is -2.38. The minimum absolute atomic E-state index is 0.137. The molecule has 41 heavy (non-hydrogen) atoms. The average molecular weight is 570 g/mol. The summed E-state index contributed by atoms with van der Waals surface area (Å²) in [6.45, 7) is 3.97. The second-order valence-corrected chi connectivity index (χ2v) is 11.1. The molecule has 2 aliphatic rings. The Labute approximate surface area is 240 Å². The van der Waals surface area contributed by atoms with Gasteiger partial charge in [-0.3, -0.25) is 4.79 Å². The van der Waals surface area contributed by atoms with Gasteiger partial charge in [0.15, 0.2) is 0 Å². The molecular weight excluding hydrogens is 529 g/mol. The molecule has 5 amide bonds. The van der Waals surface area contributed by atoms with Crippen molar-refractivity contribution in [2.45, 2.75) is 64.1 Å². The zero-order valence-corrected chi connectivity index (χ0v) is 23.9. The van der Waals surface area contributed by atoms with Gasteiger partial charge in [-0.15, -0.1) is 0 Å². The van der Waals surface area contributed by atoms with Crippen molar-refractivity contribution in [1.82, 2.24) is 15.1 Å². The number of ether oxygens (including phenoxy) is 1. The Morgan fingerprint density at radius 1 is 1.10 bits per heavy atom. The molecule has 1 fully saturated rings. The lowest BCUT2D eigenvalue weighted by Crippen LogP contribution is -2.50. The van der Waals surface area contributed by atoms with E-state index in [-0.39, 0.29) is 49.2 Å². The predicted octanol–water partition coefficient (Wildman–Crippen LogP) is 4.66. The Balaban J connectivity index is 1.52. The van der Waals surface area contributed by atoms with E-state index in [1.807, 2.05) is 6.92 Å². The topological polar surface area (TPSA) is 123 Å². The second kappa shape index (κ2) is 13.7. The van der Waals surface area contributed by atoms with Gasteiger partial charge in [0.2, 0.25) is 0 Å². The molecule has 1 heterocycles. The van der Waals surface area contributed by atoms with Crippen LogP contribution in [0.2, 0.25) is 0 Å². The number of benzene rings is 2. The Hall–Kier alpha value is -3.86. The minimum Gasteiger partial charge on any atom is -0.487 e. The van der Waals surface area contributed by atoms with Crippen molar-refractivity contribution in [3.05, 3.63) is 53.8 Å². The summed E-state index contributed by atoms with van der Waals surface area (Å²) in [5.74, 6) is -0.578. The third-order valence-corrected chi connectivity index (χ3v) is 7.76. The van der Waals surface area contributed by atoms with Gasteiger partial charge < -0.3 is 35.6 Å². The van der Waals surface area contributed by atoms with Crippen LogP contribution in [0, 0.1) is 11.7 Å². The fourth-order valence-electron chi connectivity index (χ4n) is 5.22. The number of likely N-dealkylation sites (N-methyl/N-ethyl adjacent to an activating group) is 1. The standard InChI is InChI=1S/C30H40FN5O5/c1-19-16-36(20(2)18-37)28(38)25-15-24(33-29(39)32-22-7-5-4-6-8-22)13-14-26(25)41-27(19)17-35(3)30(40)34-23-11-9-21(31)10-12-23/h9-15,19-20,22,27,37H,4-8,16-18H2,1-3H3,(H,34,40)(H2,32,33,39)/t19-,20-,27+/m1/s1. The van der Waals surface area contributed by atoms with Crippen molar-refractivity contribution in [2.75, 3.05) is 37.4 Å². The summed E-state index contributed by atoms with van der Waals surface area (Å²) in [4.78, 5) is 42.2. The predicted molar refractivity (Wildman–Crippen MR) is 155 cm³/mol. The molecule has 11 heteroatoms. The lowest BCUT2D eigenvalue weighted by atomic mass is 9.96. The molecule has 1 aliphatic heterocycles. The number of nitrogens with one attached hydrogen (secondary N) is 3. The van der Waals surface area contributed by atoms with Gasteiger partial charge in [-0.1, -0.05) is 26.2 Å². The first-order valence-corrected chi connectivity index (χ1v) is 14.2. The number of fused-ring (bicyclic) bond motifs is 1. The molecule has 2 aromatic carbocycles. The maximum atomic E-state index is 13.7. The van der Waals surface area contributed by atoms with Gasteiger partial charge in [-0.25, -0.2) is 14.0 Å². The molecule has 222 valence electrons. The highest BCUT2D eigenvalue weighted by Gasteiger charge is 2.34. The van der Waals surface area contributed by atoms with Crippen LogP contribution in [0.5, 0.6) is 5.75 Å². The molecule has 3 atom stereocenters. The van der Waals surface area contributed by atoms with Crippen molar-refractivity contribution in [2.24, 2.45) is 5.92 Å². The number of amides is 5. The largest absolute Gasteiger partial charge is 0.487 e. The van der Waals surface area contributed by atoms with E-state index in [2.05, 4.69) is 16.0 Å². The highest BCUT2D eigenvalue weighted by molar-refractivity contribution is 5.99. The van der Waals surface area contributed by atoms with E-state index in [1.54, 1.807) is 37.1 Å². The summed E-state index contributed by atoms with van der Waals surface area (Å²) in [6, 6.07) is 9.38. The monoisotopic (exact) mass is 569 g/mol.